The van der Waals surface area contributed by atoms with Gasteiger partial charge >= 0.3 is 17.8 Å². The number of thiophene rings is 2. The summed E-state index contributed by atoms with van der Waals surface area (Å²) < 4.78 is 94.7. The van der Waals surface area contributed by atoms with Gasteiger partial charge in [0.1, 0.15) is 0 Å². The van der Waals surface area contributed by atoms with Crippen LogP contribution in [0.4, 0.5) is 26.3 Å². The number of benzene rings is 2. The molecule has 0 aliphatic heterocycles. The second-order valence-corrected chi connectivity index (χ2v) is 14.4. The first-order chi connectivity index (χ1) is 19.2. The van der Waals surface area contributed by atoms with Crippen molar-refractivity contribution in [1.29, 1.82) is 0 Å². The van der Waals surface area contributed by atoms with Gasteiger partial charge in [-0.3, -0.25) is 0 Å². The van der Waals surface area contributed by atoms with Crippen molar-refractivity contribution < 1.29 is 26.3 Å². The Morgan fingerprint density at radius 1 is 0.659 bits per heavy atom. The maximum atomic E-state index is 15.8. The molecule has 2 unspecified atom stereocenters. The van der Waals surface area contributed by atoms with Crippen LogP contribution in [0, 0.1) is 13.8 Å². The summed E-state index contributed by atoms with van der Waals surface area (Å²) in [6.45, 7) is 7.07. The van der Waals surface area contributed by atoms with Crippen molar-refractivity contribution in [2.75, 3.05) is 0 Å². The molecular weight excluding hydrogens is 615 g/mol. The highest BCUT2D eigenvalue weighted by Gasteiger charge is 2.80. The van der Waals surface area contributed by atoms with Crippen LogP contribution in [-0.4, -0.2) is 17.8 Å². The van der Waals surface area contributed by atoms with Crippen LogP contribution >= 0.6 is 47.9 Å². The molecule has 0 radical (unpaired) electrons. The summed E-state index contributed by atoms with van der Waals surface area (Å²) in [5.74, 6) is -15.8. The number of thiol groups is 2. The zero-order chi connectivity index (χ0) is 30.1. The quantitative estimate of drug-likeness (QED) is 0.138. The molecule has 0 bridgehead atoms. The van der Waals surface area contributed by atoms with Crippen LogP contribution in [0.5, 0.6) is 0 Å². The second-order valence-electron chi connectivity index (χ2n) is 10.7. The lowest BCUT2D eigenvalue weighted by Crippen LogP contribution is -2.48. The number of alkyl halides is 6. The second kappa shape index (κ2) is 10.8. The van der Waals surface area contributed by atoms with E-state index in [2.05, 4.69) is 25.3 Å². The van der Waals surface area contributed by atoms with Crippen molar-refractivity contribution in [2.24, 2.45) is 0 Å². The topological polar surface area (TPSA) is 0 Å². The van der Waals surface area contributed by atoms with Gasteiger partial charge in [0.15, 0.2) is 0 Å². The highest BCUT2D eigenvalue weighted by Crippen LogP contribution is 2.67. The molecule has 0 amide bonds. The van der Waals surface area contributed by atoms with E-state index in [9.17, 15) is 0 Å². The van der Waals surface area contributed by atoms with Gasteiger partial charge in [-0.05, 0) is 49.9 Å². The summed E-state index contributed by atoms with van der Waals surface area (Å²) in [7, 11) is 0. The third-order valence-corrected chi connectivity index (χ3v) is 11.1. The van der Waals surface area contributed by atoms with E-state index >= 15 is 26.3 Å². The maximum absolute atomic E-state index is 15.8. The van der Waals surface area contributed by atoms with E-state index < -0.39 is 28.9 Å². The molecule has 1 aliphatic rings. The van der Waals surface area contributed by atoms with E-state index in [1.165, 1.54) is 13.8 Å². The Morgan fingerprint density at radius 2 is 1.02 bits per heavy atom. The zero-order valence-electron chi connectivity index (χ0n) is 22.9. The third-order valence-electron chi connectivity index (χ3n) is 7.84. The molecule has 2 atom stereocenters. The maximum Gasteiger partial charge on any atom is 0.380 e. The fourth-order valence-corrected chi connectivity index (χ4v) is 8.85. The van der Waals surface area contributed by atoms with E-state index in [-0.39, 0.29) is 42.2 Å². The van der Waals surface area contributed by atoms with Gasteiger partial charge in [0.25, 0.3) is 0 Å². The van der Waals surface area contributed by atoms with Crippen LogP contribution in [0.15, 0.2) is 36.4 Å². The van der Waals surface area contributed by atoms with Crippen molar-refractivity contribution in [1.82, 2.24) is 0 Å². The van der Waals surface area contributed by atoms with Crippen LogP contribution in [0.25, 0.3) is 31.3 Å². The number of rotatable bonds is 8. The molecule has 2 heterocycles. The molecule has 1 aliphatic carbocycles. The van der Waals surface area contributed by atoms with E-state index in [1.807, 2.05) is 13.8 Å². The standard InChI is InChI=1S/C31H30F6S4/c1-5-7-21(38)17-9-11-19-23(13-17)40-15(3)25(19)27-28(30(34,35)31(36,37)29(27,32)33)26-16(4)41-24-14-18(10-12-20(24)26)22(39)8-6-2/h9-14,21-22,38-39H,5-8H2,1-4H3. The Bertz CT molecular complexity index is 1540. The summed E-state index contributed by atoms with van der Waals surface area (Å²) in [4.78, 5) is 0.557. The lowest BCUT2D eigenvalue weighted by molar-refractivity contribution is -0.254. The molecule has 220 valence electrons. The van der Waals surface area contributed by atoms with Crippen molar-refractivity contribution in [2.45, 2.75) is 81.6 Å². The predicted molar refractivity (Wildman–Crippen MR) is 168 cm³/mol. The number of aryl methyl sites for hydroxylation is 2. The van der Waals surface area contributed by atoms with Crippen LogP contribution in [0.1, 0.15) is 82.0 Å². The molecule has 2 aromatic carbocycles. The minimum absolute atomic E-state index is 0.0921. The Hall–Kier alpha value is -1.62. The predicted octanol–water partition coefficient (Wildman–Crippen LogP) is 12.1. The Kier molecular flexibility index (Phi) is 8.14. The molecule has 5 rings (SSSR count). The smallest absolute Gasteiger partial charge is 0.194 e. The Balaban J connectivity index is 1.82. The summed E-state index contributed by atoms with van der Waals surface area (Å²) in [6, 6.07) is 10.2. The van der Waals surface area contributed by atoms with E-state index in [1.54, 1.807) is 36.4 Å². The normalized spacial score (nSPS) is 19.4. The zero-order valence-corrected chi connectivity index (χ0v) is 26.3. The third kappa shape index (κ3) is 4.66. The molecule has 0 saturated heterocycles. The summed E-state index contributed by atoms with van der Waals surface area (Å²) in [6.07, 6.45) is 3.35. The van der Waals surface area contributed by atoms with Gasteiger partial charge in [-0.25, -0.2) is 0 Å². The molecule has 0 N–H and O–H groups in total. The van der Waals surface area contributed by atoms with Gasteiger partial charge < -0.3 is 0 Å². The Labute approximate surface area is 254 Å². The molecule has 0 fully saturated rings. The first kappa shape index (κ1) is 30.8. The van der Waals surface area contributed by atoms with Crippen LogP contribution in [0.3, 0.4) is 0 Å². The van der Waals surface area contributed by atoms with Crippen LogP contribution < -0.4 is 0 Å². The average molecular weight is 645 g/mol. The number of halogens is 6. The summed E-state index contributed by atoms with van der Waals surface area (Å²) >= 11 is 11.5. The molecule has 4 aromatic rings. The summed E-state index contributed by atoms with van der Waals surface area (Å²) in [5.41, 5.74) is -1.34. The number of hydrogen-bond donors (Lipinski definition) is 2. The average Bonchev–Trinajstić information content (AvgIpc) is 3.43. The van der Waals surface area contributed by atoms with E-state index in [0.29, 0.717) is 9.40 Å². The van der Waals surface area contributed by atoms with Gasteiger partial charge in [-0.15, -0.1) is 22.7 Å². The first-order valence-electron chi connectivity index (χ1n) is 13.5. The molecular formula is C31H30F6S4. The van der Waals surface area contributed by atoms with Crippen LogP contribution in [-0.2, 0) is 0 Å². The first-order valence-corrected chi connectivity index (χ1v) is 16.2. The van der Waals surface area contributed by atoms with Gasteiger partial charge in [0.05, 0.1) is 0 Å². The van der Waals surface area contributed by atoms with Gasteiger partial charge in [-0.1, -0.05) is 51.0 Å². The SMILES string of the molecule is CCCC(S)c1ccc2c(C3=C(c4c(C)sc5cc(C(S)CCC)ccc45)C(F)(F)C(F)(F)C3(F)F)c(C)sc2c1. The molecule has 0 spiro atoms. The Morgan fingerprint density at radius 3 is 1.37 bits per heavy atom. The van der Waals surface area contributed by atoms with Crippen molar-refractivity contribution in [3.63, 3.8) is 0 Å². The molecule has 2 aromatic heterocycles. The van der Waals surface area contributed by atoms with Crippen molar-refractivity contribution in [3.05, 3.63) is 68.4 Å². The number of hydrogen-bond acceptors (Lipinski definition) is 4. The van der Waals surface area contributed by atoms with E-state index in [4.69, 9.17) is 0 Å². The lowest BCUT2D eigenvalue weighted by Gasteiger charge is -2.26. The minimum atomic E-state index is -5.61. The number of fused-ring (bicyclic) bond motifs is 2. The highest BCUT2D eigenvalue weighted by molar-refractivity contribution is 7.80. The largest absolute Gasteiger partial charge is 0.380 e. The van der Waals surface area contributed by atoms with Crippen molar-refractivity contribution in [3.8, 4) is 0 Å². The van der Waals surface area contributed by atoms with Gasteiger partial charge in [-0.2, -0.15) is 51.6 Å². The molecule has 10 heteroatoms. The lowest BCUT2D eigenvalue weighted by atomic mass is 9.91. The summed E-state index contributed by atoms with van der Waals surface area (Å²) in [5, 5.41) is 0.327. The minimum Gasteiger partial charge on any atom is -0.194 e. The van der Waals surface area contributed by atoms with Crippen molar-refractivity contribution >= 4 is 79.2 Å². The van der Waals surface area contributed by atoms with E-state index in [0.717, 1.165) is 59.5 Å². The van der Waals surface area contributed by atoms with Gasteiger partial charge in [0.2, 0.25) is 0 Å². The molecule has 0 saturated carbocycles. The fraction of sp³-hybridized carbons (Fsp3) is 0.419. The number of allylic oxidation sites excluding steroid dienone is 2. The van der Waals surface area contributed by atoms with Crippen LogP contribution in [0.2, 0.25) is 0 Å². The monoisotopic (exact) mass is 644 g/mol. The molecule has 0 nitrogen and oxygen atoms in total. The van der Waals surface area contributed by atoms with Gasteiger partial charge in [0, 0.05) is 62.7 Å². The highest BCUT2D eigenvalue weighted by atomic mass is 32.1. The fourth-order valence-electron chi connectivity index (χ4n) is 5.78. The molecule has 41 heavy (non-hydrogen) atoms.